The van der Waals surface area contributed by atoms with Gasteiger partial charge in [0.2, 0.25) is 0 Å². The highest BCUT2D eigenvalue weighted by molar-refractivity contribution is 7.99. The largest absolute Gasteiger partial charge is 0.493 e. The second kappa shape index (κ2) is 9.37. The molecule has 0 aliphatic carbocycles. The van der Waals surface area contributed by atoms with Gasteiger partial charge in [-0.15, -0.1) is 0 Å². The minimum atomic E-state index is 0.471. The molecule has 1 aromatic rings. The molecule has 1 rings (SSSR count). The van der Waals surface area contributed by atoms with Crippen molar-refractivity contribution in [2.24, 2.45) is 0 Å². The summed E-state index contributed by atoms with van der Waals surface area (Å²) < 4.78 is 10.5. The Morgan fingerprint density at radius 2 is 2.05 bits per heavy atom. The Hall–Kier alpha value is -0.580. The van der Waals surface area contributed by atoms with Crippen molar-refractivity contribution in [1.29, 1.82) is 0 Å². The van der Waals surface area contributed by atoms with Gasteiger partial charge in [-0.2, -0.15) is 11.8 Å². The highest BCUT2D eigenvalue weighted by atomic mass is 35.5. The van der Waals surface area contributed by atoms with Gasteiger partial charge in [-0.3, -0.25) is 0 Å². The van der Waals surface area contributed by atoms with E-state index in [1.54, 1.807) is 14.2 Å². The first kappa shape index (κ1) is 17.5. The molecule has 0 amide bonds. The molecule has 0 aliphatic heterocycles. The molecule has 1 aromatic carbocycles. The average molecular weight is 318 g/mol. The van der Waals surface area contributed by atoms with Gasteiger partial charge < -0.3 is 14.8 Å². The molecule has 0 heterocycles. The molecule has 0 aromatic heterocycles. The quantitative estimate of drug-likeness (QED) is 0.698. The summed E-state index contributed by atoms with van der Waals surface area (Å²) >= 11 is 8.32. The van der Waals surface area contributed by atoms with Crippen molar-refractivity contribution in [2.45, 2.75) is 32.9 Å². The van der Waals surface area contributed by atoms with Crippen molar-refractivity contribution in [3.05, 3.63) is 22.7 Å². The summed E-state index contributed by atoms with van der Waals surface area (Å²) in [7, 11) is 3.21. The van der Waals surface area contributed by atoms with Crippen LogP contribution in [0, 0.1) is 0 Å². The molecular formula is C15H24ClNO2S. The van der Waals surface area contributed by atoms with Crippen molar-refractivity contribution >= 4 is 23.4 Å². The first-order valence-corrected chi connectivity index (χ1v) is 8.37. The van der Waals surface area contributed by atoms with Gasteiger partial charge in [-0.25, -0.2) is 0 Å². The van der Waals surface area contributed by atoms with E-state index < -0.39 is 0 Å². The molecular weight excluding hydrogens is 294 g/mol. The van der Waals surface area contributed by atoms with Gasteiger partial charge in [0.1, 0.15) is 0 Å². The van der Waals surface area contributed by atoms with Crippen molar-refractivity contribution < 1.29 is 9.47 Å². The zero-order valence-corrected chi connectivity index (χ0v) is 14.2. The molecule has 5 heteroatoms. The third-order valence-corrected chi connectivity index (χ3v) is 4.45. The number of ether oxygens (including phenoxy) is 2. The molecule has 1 unspecified atom stereocenters. The van der Waals surface area contributed by atoms with Gasteiger partial charge in [0.25, 0.3) is 0 Å². The molecule has 0 bridgehead atoms. The zero-order valence-electron chi connectivity index (χ0n) is 12.7. The van der Waals surface area contributed by atoms with Crippen molar-refractivity contribution in [1.82, 2.24) is 5.32 Å². The lowest BCUT2D eigenvalue weighted by Crippen LogP contribution is -2.26. The number of rotatable bonds is 9. The van der Waals surface area contributed by atoms with Crippen LogP contribution in [-0.4, -0.2) is 31.8 Å². The van der Waals surface area contributed by atoms with E-state index in [0.29, 0.717) is 22.6 Å². The highest BCUT2D eigenvalue weighted by Gasteiger charge is 2.13. The lowest BCUT2D eigenvalue weighted by molar-refractivity contribution is 0.354. The maximum absolute atomic E-state index is 6.35. The molecule has 0 aliphatic rings. The molecule has 0 spiro atoms. The average Bonchev–Trinajstić information content (AvgIpc) is 2.45. The first-order chi connectivity index (χ1) is 9.63. The summed E-state index contributed by atoms with van der Waals surface area (Å²) in [6.07, 6.45) is 1.16. The lowest BCUT2D eigenvalue weighted by atomic mass is 10.1. The molecule has 20 heavy (non-hydrogen) atoms. The number of halogens is 1. The Kier molecular flexibility index (Phi) is 8.19. The van der Waals surface area contributed by atoms with E-state index in [0.717, 1.165) is 18.5 Å². The summed E-state index contributed by atoms with van der Waals surface area (Å²) in [5.74, 6) is 3.62. The van der Waals surface area contributed by atoms with Gasteiger partial charge in [0, 0.05) is 12.6 Å². The topological polar surface area (TPSA) is 30.5 Å². The van der Waals surface area contributed by atoms with Gasteiger partial charge in [0.05, 0.1) is 19.2 Å². The Morgan fingerprint density at radius 1 is 1.30 bits per heavy atom. The highest BCUT2D eigenvalue weighted by Crippen LogP contribution is 2.37. The lowest BCUT2D eigenvalue weighted by Gasteiger charge is -2.16. The van der Waals surface area contributed by atoms with E-state index in [2.05, 4.69) is 19.2 Å². The Morgan fingerprint density at radius 3 is 2.65 bits per heavy atom. The maximum atomic E-state index is 6.35. The molecule has 0 saturated heterocycles. The first-order valence-electron chi connectivity index (χ1n) is 6.84. The van der Waals surface area contributed by atoms with Crippen LogP contribution in [0.3, 0.4) is 0 Å². The summed E-state index contributed by atoms with van der Waals surface area (Å²) in [5.41, 5.74) is 1.03. The third-order valence-electron chi connectivity index (χ3n) is 3.11. The monoisotopic (exact) mass is 317 g/mol. The van der Waals surface area contributed by atoms with Crippen molar-refractivity contribution in [3.8, 4) is 11.5 Å². The van der Waals surface area contributed by atoms with Crippen LogP contribution in [-0.2, 0) is 6.54 Å². The standard InChI is InChI=1S/C15H24ClNO2S/c1-5-20-9-8-11(2)17-10-12-6-7-13(18-3)15(19-4)14(12)16/h6-7,11,17H,5,8-10H2,1-4H3. The van der Waals surface area contributed by atoms with E-state index in [1.807, 2.05) is 23.9 Å². The molecule has 0 fully saturated rings. The van der Waals surface area contributed by atoms with E-state index in [4.69, 9.17) is 21.1 Å². The van der Waals surface area contributed by atoms with E-state index in [-0.39, 0.29) is 0 Å². The molecule has 0 radical (unpaired) electrons. The van der Waals surface area contributed by atoms with Crippen LogP contribution in [0.25, 0.3) is 0 Å². The number of hydrogen-bond acceptors (Lipinski definition) is 4. The fraction of sp³-hybridized carbons (Fsp3) is 0.600. The van der Waals surface area contributed by atoms with Gasteiger partial charge in [0.15, 0.2) is 11.5 Å². The number of benzene rings is 1. The number of hydrogen-bond donors (Lipinski definition) is 1. The predicted molar refractivity (Wildman–Crippen MR) is 88.5 cm³/mol. The van der Waals surface area contributed by atoms with Crippen LogP contribution >= 0.6 is 23.4 Å². The molecule has 0 saturated carbocycles. The van der Waals surface area contributed by atoms with Gasteiger partial charge in [-0.05, 0) is 36.5 Å². The van der Waals surface area contributed by atoms with Crippen molar-refractivity contribution in [2.75, 3.05) is 25.7 Å². The summed E-state index contributed by atoms with van der Waals surface area (Å²) in [5, 5.41) is 4.11. The Labute approximate surface area is 131 Å². The van der Waals surface area contributed by atoms with E-state index in [1.165, 1.54) is 11.5 Å². The van der Waals surface area contributed by atoms with Crippen molar-refractivity contribution in [3.63, 3.8) is 0 Å². The SMILES string of the molecule is CCSCCC(C)NCc1ccc(OC)c(OC)c1Cl. The van der Waals surface area contributed by atoms with Crippen LogP contribution in [0.15, 0.2) is 12.1 Å². The summed E-state index contributed by atoms with van der Waals surface area (Å²) in [6.45, 7) is 5.12. The predicted octanol–water partition coefficient (Wildman–Crippen LogP) is 3.98. The summed E-state index contributed by atoms with van der Waals surface area (Å²) in [6, 6.07) is 4.34. The van der Waals surface area contributed by atoms with Crippen LogP contribution in [0.2, 0.25) is 5.02 Å². The third kappa shape index (κ3) is 5.08. The Bertz CT molecular complexity index is 415. The number of nitrogens with one attached hydrogen (secondary N) is 1. The Balaban J connectivity index is 2.60. The van der Waals surface area contributed by atoms with Gasteiger partial charge in [-0.1, -0.05) is 24.6 Å². The maximum Gasteiger partial charge on any atom is 0.179 e. The molecule has 1 N–H and O–H groups in total. The van der Waals surface area contributed by atoms with Gasteiger partial charge >= 0.3 is 0 Å². The van der Waals surface area contributed by atoms with Crippen LogP contribution in [0.5, 0.6) is 11.5 Å². The molecule has 114 valence electrons. The van der Waals surface area contributed by atoms with Crippen LogP contribution in [0.1, 0.15) is 25.8 Å². The zero-order chi connectivity index (χ0) is 15.0. The number of methoxy groups -OCH3 is 2. The fourth-order valence-electron chi connectivity index (χ4n) is 1.86. The second-order valence-corrected chi connectivity index (χ2v) is 6.31. The second-order valence-electron chi connectivity index (χ2n) is 4.54. The van der Waals surface area contributed by atoms with Crippen LogP contribution in [0.4, 0.5) is 0 Å². The number of thioether (sulfide) groups is 1. The molecule has 1 atom stereocenters. The smallest absolute Gasteiger partial charge is 0.179 e. The van der Waals surface area contributed by atoms with Crippen LogP contribution < -0.4 is 14.8 Å². The minimum absolute atomic E-state index is 0.471. The fourth-order valence-corrected chi connectivity index (χ4v) is 2.97. The molecule has 3 nitrogen and oxygen atoms in total. The minimum Gasteiger partial charge on any atom is -0.493 e. The normalized spacial score (nSPS) is 12.2. The van der Waals surface area contributed by atoms with E-state index >= 15 is 0 Å². The van der Waals surface area contributed by atoms with E-state index in [9.17, 15) is 0 Å². The summed E-state index contributed by atoms with van der Waals surface area (Å²) in [4.78, 5) is 0.